The van der Waals surface area contributed by atoms with E-state index >= 15 is 0 Å². The van der Waals surface area contributed by atoms with E-state index in [0.29, 0.717) is 0 Å². The van der Waals surface area contributed by atoms with Crippen LogP contribution in [0.5, 0.6) is 0 Å². The highest BCUT2D eigenvalue weighted by atomic mass is 79.9. The number of halogens is 2. The molecule has 0 aliphatic carbocycles. The molecule has 112 valence electrons. The van der Waals surface area contributed by atoms with Crippen molar-refractivity contribution in [2.24, 2.45) is 0 Å². The summed E-state index contributed by atoms with van der Waals surface area (Å²) in [5.74, 6) is 0. The first-order chi connectivity index (χ1) is 10.1. The first-order valence-electron chi connectivity index (χ1n) is 7.20. The number of aryl methyl sites for hydroxylation is 1. The monoisotopic (exact) mass is 410 g/mol. The van der Waals surface area contributed by atoms with Gasteiger partial charge in [0.25, 0.3) is 0 Å². The number of pyridine rings is 1. The van der Waals surface area contributed by atoms with Crippen LogP contribution < -0.4 is 5.32 Å². The fourth-order valence-corrected chi connectivity index (χ4v) is 3.64. The van der Waals surface area contributed by atoms with Crippen LogP contribution in [-0.4, -0.2) is 11.5 Å². The second-order valence-electron chi connectivity index (χ2n) is 5.14. The number of hydrogen-bond donors (Lipinski definition) is 1. The van der Waals surface area contributed by atoms with E-state index in [2.05, 4.69) is 80.3 Å². The van der Waals surface area contributed by atoms with Crippen LogP contribution in [0.15, 0.2) is 45.5 Å². The first kappa shape index (κ1) is 16.7. The third-order valence-corrected chi connectivity index (χ3v) is 4.67. The molecule has 0 radical (unpaired) electrons. The summed E-state index contributed by atoms with van der Waals surface area (Å²) in [4.78, 5) is 4.53. The molecule has 4 heteroatoms. The Bertz CT molecular complexity index is 599. The van der Waals surface area contributed by atoms with Crippen molar-refractivity contribution in [2.45, 2.75) is 32.7 Å². The van der Waals surface area contributed by atoms with Gasteiger partial charge in [-0.1, -0.05) is 50.9 Å². The van der Waals surface area contributed by atoms with Crippen molar-refractivity contribution in [3.05, 3.63) is 62.3 Å². The first-order valence-corrected chi connectivity index (χ1v) is 8.79. The zero-order valence-electron chi connectivity index (χ0n) is 12.4. The molecule has 2 rings (SSSR count). The lowest BCUT2D eigenvalue weighted by molar-refractivity contribution is 0.521. The molecule has 0 spiro atoms. The third-order valence-electron chi connectivity index (χ3n) is 3.49. The van der Waals surface area contributed by atoms with Crippen LogP contribution in [0.1, 0.15) is 36.2 Å². The van der Waals surface area contributed by atoms with Crippen molar-refractivity contribution in [1.29, 1.82) is 0 Å². The van der Waals surface area contributed by atoms with Crippen molar-refractivity contribution in [3.63, 3.8) is 0 Å². The predicted octanol–water partition coefficient (Wildman–Crippen LogP) is 5.20. The second-order valence-corrected chi connectivity index (χ2v) is 6.91. The van der Waals surface area contributed by atoms with Gasteiger partial charge in [0.05, 0.1) is 0 Å². The quantitative estimate of drug-likeness (QED) is 0.706. The molecule has 1 aromatic carbocycles. The Balaban J connectivity index is 2.27. The summed E-state index contributed by atoms with van der Waals surface area (Å²) in [5.41, 5.74) is 3.67. The largest absolute Gasteiger partial charge is 0.310 e. The molecule has 0 saturated carbocycles. The summed E-state index contributed by atoms with van der Waals surface area (Å²) >= 11 is 7.19. The zero-order valence-corrected chi connectivity index (χ0v) is 15.5. The Hall–Kier alpha value is -0.710. The zero-order chi connectivity index (χ0) is 15.2. The highest BCUT2D eigenvalue weighted by molar-refractivity contribution is 9.11. The van der Waals surface area contributed by atoms with Gasteiger partial charge >= 0.3 is 0 Å². The average molecular weight is 412 g/mol. The Morgan fingerprint density at radius 1 is 1.24 bits per heavy atom. The van der Waals surface area contributed by atoms with Gasteiger partial charge in [0.1, 0.15) is 0 Å². The number of rotatable bonds is 6. The van der Waals surface area contributed by atoms with Gasteiger partial charge in [0.15, 0.2) is 0 Å². The number of nitrogens with zero attached hydrogens (tertiary/aromatic N) is 1. The van der Waals surface area contributed by atoms with Gasteiger partial charge in [-0.25, -0.2) is 0 Å². The fraction of sp³-hybridized carbons (Fsp3) is 0.353. The number of hydrogen-bond acceptors (Lipinski definition) is 2. The summed E-state index contributed by atoms with van der Waals surface area (Å²) in [6.45, 7) is 5.31. The summed E-state index contributed by atoms with van der Waals surface area (Å²) in [5, 5.41) is 3.64. The van der Waals surface area contributed by atoms with Crippen molar-refractivity contribution >= 4 is 31.9 Å². The maximum Gasteiger partial charge on any atom is 0.0451 e. The number of aromatic nitrogens is 1. The maximum atomic E-state index is 4.53. The molecular formula is C17H20Br2N2. The molecule has 1 unspecified atom stereocenters. The minimum atomic E-state index is 0.265. The van der Waals surface area contributed by atoms with E-state index < -0.39 is 0 Å². The minimum absolute atomic E-state index is 0.265. The molecule has 2 nitrogen and oxygen atoms in total. The van der Waals surface area contributed by atoms with Crippen LogP contribution >= 0.6 is 31.9 Å². The smallest absolute Gasteiger partial charge is 0.0451 e. The SMILES string of the molecule is CCCNC(Cc1ncccc1C)c1ccc(Br)cc1Br. The molecule has 2 aromatic rings. The highest BCUT2D eigenvalue weighted by Crippen LogP contribution is 2.29. The molecule has 0 fully saturated rings. The molecular weight excluding hydrogens is 392 g/mol. The van der Waals surface area contributed by atoms with Crippen LogP contribution in [-0.2, 0) is 6.42 Å². The molecule has 21 heavy (non-hydrogen) atoms. The lowest BCUT2D eigenvalue weighted by Gasteiger charge is -2.21. The van der Waals surface area contributed by atoms with Crippen molar-refractivity contribution < 1.29 is 0 Å². The normalized spacial score (nSPS) is 12.4. The molecule has 0 aliphatic rings. The van der Waals surface area contributed by atoms with Crippen LogP contribution in [0.4, 0.5) is 0 Å². The molecule has 1 atom stereocenters. The van der Waals surface area contributed by atoms with E-state index in [4.69, 9.17) is 0 Å². The van der Waals surface area contributed by atoms with E-state index in [1.54, 1.807) is 0 Å². The van der Waals surface area contributed by atoms with E-state index in [9.17, 15) is 0 Å². The Kier molecular flexibility index (Phi) is 6.40. The molecule has 1 N–H and O–H groups in total. The molecule has 1 heterocycles. The van der Waals surface area contributed by atoms with Crippen molar-refractivity contribution in [2.75, 3.05) is 6.54 Å². The molecule has 0 amide bonds. The summed E-state index contributed by atoms with van der Waals surface area (Å²) < 4.78 is 2.21. The minimum Gasteiger partial charge on any atom is -0.310 e. The molecule has 0 bridgehead atoms. The van der Waals surface area contributed by atoms with Gasteiger partial charge < -0.3 is 5.32 Å². The van der Waals surface area contributed by atoms with Gasteiger partial charge in [-0.3, -0.25) is 4.98 Å². The van der Waals surface area contributed by atoms with Gasteiger partial charge in [0.2, 0.25) is 0 Å². The van der Waals surface area contributed by atoms with Gasteiger partial charge in [-0.05, 0) is 49.2 Å². The van der Waals surface area contributed by atoms with E-state index in [1.165, 1.54) is 11.1 Å². The lowest BCUT2D eigenvalue weighted by Crippen LogP contribution is -2.25. The lowest BCUT2D eigenvalue weighted by atomic mass is 9.99. The highest BCUT2D eigenvalue weighted by Gasteiger charge is 2.16. The summed E-state index contributed by atoms with van der Waals surface area (Å²) in [6, 6.07) is 10.7. The predicted molar refractivity (Wildman–Crippen MR) is 95.6 cm³/mol. The number of benzene rings is 1. The van der Waals surface area contributed by atoms with Crippen LogP contribution in [0.2, 0.25) is 0 Å². The summed E-state index contributed by atoms with van der Waals surface area (Å²) in [6.07, 6.45) is 3.88. The van der Waals surface area contributed by atoms with E-state index in [-0.39, 0.29) is 6.04 Å². The Labute approximate surface area is 143 Å². The fourth-order valence-electron chi connectivity index (χ4n) is 2.32. The van der Waals surface area contributed by atoms with Crippen molar-refractivity contribution in [1.82, 2.24) is 10.3 Å². The van der Waals surface area contributed by atoms with Crippen LogP contribution in [0.3, 0.4) is 0 Å². The number of nitrogens with one attached hydrogen (secondary N) is 1. The molecule has 1 aromatic heterocycles. The Morgan fingerprint density at radius 2 is 2.05 bits per heavy atom. The average Bonchev–Trinajstić information content (AvgIpc) is 2.46. The standard InChI is InChI=1S/C17H20Br2N2/c1-3-8-20-17(11-16-12(2)5-4-9-21-16)14-7-6-13(18)10-15(14)19/h4-7,9-10,17,20H,3,8,11H2,1-2H3. The van der Waals surface area contributed by atoms with Gasteiger partial charge in [0, 0.05) is 33.3 Å². The third kappa shape index (κ3) is 4.63. The Morgan fingerprint density at radius 3 is 2.71 bits per heavy atom. The van der Waals surface area contributed by atoms with E-state index in [1.807, 2.05) is 12.3 Å². The van der Waals surface area contributed by atoms with Crippen LogP contribution in [0.25, 0.3) is 0 Å². The summed E-state index contributed by atoms with van der Waals surface area (Å²) in [7, 11) is 0. The molecule has 0 aliphatic heterocycles. The van der Waals surface area contributed by atoms with Gasteiger partial charge in [-0.2, -0.15) is 0 Å². The van der Waals surface area contributed by atoms with E-state index in [0.717, 1.165) is 34.0 Å². The second kappa shape index (κ2) is 8.06. The van der Waals surface area contributed by atoms with Crippen LogP contribution in [0, 0.1) is 6.92 Å². The maximum absolute atomic E-state index is 4.53. The topological polar surface area (TPSA) is 24.9 Å². The van der Waals surface area contributed by atoms with Gasteiger partial charge in [-0.15, -0.1) is 0 Å². The van der Waals surface area contributed by atoms with Crippen molar-refractivity contribution in [3.8, 4) is 0 Å². The molecule has 0 saturated heterocycles.